The van der Waals surface area contributed by atoms with Crippen molar-refractivity contribution in [3.8, 4) is 0 Å². The van der Waals surface area contributed by atoms with Crippen molar-refractivity contribution in [1.29, 1.82) is 0 Å². The van der Waals surface area contributed by atoms with Crippen molar-refractivity contribution >= 4 is 12.0 Å². The Kier molecular flexibility index (Phi) is 3.34. The van der Waals surface area contributed by atoms with Crippen molar-refractivity contribution in [3.63, 3.8) is 0 Å². The maximum atomic E-state index is 12.0. The van der Waals surface area contributed by atoms with Gasteiger partial charge in [0.05, 0.1) is 12.7 Å². The molecule has 0 fully saturated rings. The molecule has 0 aliphatic carbocycles. The fourth-order valence-electron chi connectivity index (χ4n) is 1.04. The number of carbonyl (C=O) groups excluding carboxylic acids is 1. The minimum absolute atomic E-state index is 0.128. The van der Waals surface area contributed by atoms with Crippen LogP contribution < -0.4 is 0 Å². The second-order valence-corrected chi connectivity index (χ2v) is 2.51. The Bertz CT molecular complexity index is 368. The second-order valence-electron chi connectivity index (χ2n) is 2.51. The zero-order valence-electron chi connectivity index (χ0n) is 7.46. The lowest BCUT2D eigenvalue weighted by molar-refractivity contribution is 0.0600. The lowest BCUT2D eigenvalue weighted by Crippen LogP contribution is -2.03. The van der Waals surface area contributed by atoms with E-state index in [1.165, 1.54) is 19.2 Å². The molecule has 1 aromatic carbocycles. The van der Waals surface area contributed by atoms with E-state index in [0.717, 1.165) is 0 Å². The highest BCUT2D eigenvalue weighted by Crippen LogP contribution is 2.15. The number of hydrogen-bond donors (Lipinski definition) is 0. The average molecular weight is 198 g/mol. The standard InChI is InChI=1S/C10H8F2O2/c1-14-10(13)8-5-3-2-4-7(8)6-9(11)12/h2-6H,1H3. The van der Waals surface area contributed by atoms with E-state index in [2.05, 4.69) is 4.74 Å². The average Bonchev–Trinajstić information content (AvgIpc) is 2.16. The Morgan fingerprint density at radius 3 is 2.57 bits per heavy atom. The number of rotatable bonds is 2. The van der Waals surface area contributed by atoms with Crippen LogP contribution in [0.5, 0.6) is 0 Å². The molecular weight excluding hydrogens is 190 g/mol. The van der Waals surface area contributed by atoms with Crippen molar-refractivity contribution in [1.82, 2.24) is 0 Å². The summed E-state index contributed by atoms with van der Waals surface area (Å²) in [5, 5.41) is 0. The number of ether oxygens (including phenoxy) is 1. The molecule has 0 radical (unpaired) electrons. The Morgan fingerprint density at radius 1 is 1.36 bits per heavy atom. The maximum Gasteiger partial charge on any atom is 0.338 e. The maximum absolute atomic E-state index is 12.0. The first-order chi connectivity index (χ1) is 6.65. The summed E-state index contributed by atoms with van der Waals surface area (Å²) in [5.74, 6) is -0.627. The summed E-state index contributed by atoms with van der Waals surface area (Å²) in [6, 6.07) is 6.01. The van der Waals surface area contributed by atoms with E-state index in [9.17, 15) is 13.6 Å². The molecule has 0 bridgehead atoms. The van der Waals surface area contributed by atoms with Gasteiger partial charge >= 0.3 is 5.97 Å². The normalized spacial score (nSPS) is 9.36. The van der Waals surface area contributed by atoms with Gasteiger partial charge in [-0.2, -0.15) is 8.78 Å². The molecule has 14 heavy (non-hydrogen) atoms. The summed E-state index contributed by atoms with van der Waals surface area (Å²) in [5.41, 5.74) is 0.280. The van der Waals surface area contributed by atoms with E-state index < -0.39 is 12.0 Å². The van der Waals surface area contributed by atoms with Gasteiger partial charge in [-0.3, -0.25) is 0 Å². The van der Waals surface area contributed by atoms with Crippen LogP contribution in [0.2, 0.25) is 0 Å². The van der Waals surface area contributed by atoms with Gasteiger partial charge < -0.3 is 4.74 Å². The topological polar surface area (TPSA) is 26.3 Å². The van der Waals surface area contributed by atoms with Crippen molar-refractivity contribution in [3.05, 3.63) is 41.5 Å². The largest absolute Gasteiger partial charge is 0.465 e. The minimum Gasteiger partial charge on any atom is -0.465 e. The van der Waals surface area contributed by atoms with Gasteiger partial charge in [-0.25, -0.2) is 4.79 Å². The van der Waals surface area contributed by atoms with E-state index in [0.29, 0.717) is 6.08 Å². The predicted octanol–water partition coefficient (Wildman–Crippen LogP) is 2.71. The van der Waals surface area contributed by atoms with Gasteiger partial charge in [0, 0.05) is 6.08 Å². The summed E-state index contributed by atoms with van der Waals surface area (Å²) in [7, 11) is 1.20. The molecule has 0 saturated heterocycles. The monoisotopic (exact) mass is 198 g/mol. The Labute approximate surface area is 79.8 Å². The van der Waals surface area contributed by atoms with Gasteiger partial charge in [0.25, 0.3) is 6.08 Å². The van der Waals surface area contributed by atoms with E-state index in [4.69, 9.17) is 0 Å². The highest BCUT2D eigenvalue weighted by atomic mass is 19.3. The van der Waals surface area contributed by atoms with Gasteiger partial charge in [0.2, 0.25) is 0 Å². The number of hydrogen-bond acceptors (Lipinski definition) is 2. The van der Waals surface area contributed by atoms with Gasteiger partial charge in [-0.1, -0.05) is 18.2 Å². The molecule has 0 atom stereocenters. The third-order valence-electron chi connectivity index (χ3n) is 1.63. The fraction of sp³-hybridized carbons (Fsp3) is 0.100. The molecule has 0 N–H and O–H groups in total. The molecule has 74 valence electrons. The van der Waals surface area contributed by atoms with Crippen molar-refractivity contribution in [2.24, 2.45) is 0 Å². The molecule has 0 spiro atoms. The molecule has 4 heteroatoms. The molecule has 1 rings (SSSR count). The molecule has 1 aromatic rings. The molecule has 0 aromatic heterocycles. The molecular formula is C10H8F2O2. The van der Waals surface area contributed by atoms with Gasteiger partial charge in [-0.05, 0) is 11.6 Å². The molecule has 0 amide bonds. The summed E-state index contributed by atoms with van der Waals surface area (Å²) in [6.45, 7) is 0. The smallest absolute Gasteiger partial charge is 0.338 e. The molecule has 0 aliphatic heterocycles. The molecule has 0 saturated carbocycles. The first-order valence-corrected chi connectivity index (χ1v) is 3.85. The third kappa shape index (κ3) is 2.39. The summed E-state index contributed by atoms with van der Waals surface area (Å²) in [4.78, 5) is 11.1. The number of benzene rings is 1. The fourth-order valence-corrected chi connectivity index (χ4v) is 1.04. The van der Waals surface area contributed by atoms with Crippen LogP contribution >= 0.6 is 0 Å². The van der Waals surface area contributed by atoms with Gasteiger partial charge in [0.1, 0.15) is 0 Å². The molecule has 0 heterocycles. The van der Waals surface area contributed by atoms with Gasteiger partial charge in [-0.15, -0.1) is 0 Å². The van der Waals surface area contributed by atoms with Crippen LogP contribution in [-0.4, -0.2) is 13.1 Å². The molecule has 0 unspecified atom stereocenters. The molecule has 2 nitrogen and oxygen atoms in total. The van der Waals surface area contributed by atoms with Crippen LogP contribution in [0.4, 0.5) is 8.78 Å². The summed E-state index contributed by atoms with van der Waals surface area (Å²) in [6.07, 6.45) is -1.21. The Balaban J connectivity index is 3.16. The van der Waals surface area contributed by atoms with E-state index in [1.807, 2.05) is 0 Å². The summed E-state index contributed by atoms with van der Waals surface area (Å²) >= 11 is 0. The van der Waals surface area contributed by atoms with Crippen molar-refractivity contribution in [2.45, 2.75) is 0 Å². The highest BCUT2D eigenvalue weighted by Gasteiger charge is 2.09. The van der Waals surface area contributed by atoms with E-state index in [1.54, 1.807) is 12.1 Å². The minimum atomic E-state index is -1.85. The lowest BCUT2D eigenvalue weighted by Gasteiger charge is -2.02. The first kappa shape index (κ1) is 10.4. The van der Waals surface area contributed by atoms with E-state index >= 15 is 0 Å². The molecule has 0 aliphatic rings. The number of carbonyl (C=O) groups is 1. The van der Waals surface area contributed by atoms with E-state index in [-0.39, 0.29) is 11.1 Å². The van der Waals surface area contributed by atoms with Crippen LogP contribution in [0.15, 0.2) is 30.3 Å². The van der Waals surface area contributed by atoms with Crippen molar-refractivity contribution in [2.75, 3.05) is 7.11 Å². The van der Waals surface area contributed by atoms with Crippen LogP contribution in [0.1, 0.15) is 15.9 Å². The van der Waals surface area contributed by atoms with Gasteiger partial charge in [0.15, 0.2) is 0 Å². The zero-order valence-corrected chi connectivity index (χ0v) is 7.46. The number of halogens is 2. The third-order valence-corrected chi connectivity index (χ3v) is 1.63. The van der Waals surface area contributed by atoms with Crippen LogP contribution in [-0.2, 0) is 4.74 Å². The first-order valence-electron chi connectivity index (χ1n) is 3.85. The number of methoxy groups -OCH3 is 1. The Hall–Kier alpha value is -1.71. The summed E-state index contributed by atoms with van der Waals surface area (Å²) < 4.78 is 28.4. The SMILES string of the molecule is COC(=O)c1ccccc1C=C(F)F. The van der Waals surface area contributed by atoms with Crippen LogP contribution in [0.25, 0.3) is 6.08 Å². The van der Waals surface area contributed by atoms with Crippen LogP contribution in [0.3, 0.4) is 0 Å². The number of esters is 1. The van der Waals surface area contributed by atoms with Crippen LogP contribution in [0, 0.1) is 0 Å². The highest BCUT2D eigenvalue weighted by molar-refractivity contribution is 5.93. The van der Waals surface area contributed by atoms with Crippen molar-refractivity contribution < 1.29 is 18.3 Å². The lowest BCUT2D eigenvalue weighted by atomic mass is 10.1. The quantitative estimate of drug-likeness (QED) is 0.683. The second kappa shape index (κ2) is 4.50. The zero-order chi connectivity index (χ0) is 10.6. The predicted molar refractivity (Wildman–Crippen MR) is 48.0 cm³/mol. The Morgan fingerprint density at radius 2 is 2.00 bits per heavy atom.